The zero-order valence-corrected chi connectivity index (χ0v) is 27.2. The number of halogens is 1. The van der Waals surface area contributed by atoms with Gasteiger partial charge in [-0.2, -0.15) is 0 Å². The van der Waals surface area contributed by atoms with E-state index in [1.807, 2.05) is 36.1 Å². The minimum atomic E-state index is -3.87. The molecule has 1 aromatic heterocycles. The number of aromatic nitrogens is 2. The van der Waals surface area contributed by atoms with Crippen molar-refractivity contribution in [3.8, 4) is 0 Å². The molecule has 12 nitrogen and oxygen atoms in total. The van der Waals surface area contributed by atoms with E-state index < -0.39 is 26.6 Å². The fourth-order valence-electron chi connectivity index (χ4n) is 5.55. The number of nitrogen functional groups attached to an aromatic ring is 1. The van der Waals surface area contributed by atoms with Gasteiger partial charge in [0, 0.05) is 37.1 Å². The largest absolute Gasteiger partial charge is 0.464 e. The van der Waals surface area contributed by atoms with E-state index in [1.54, 1.807) is 26.0 Å². The molecular formula is C30H42ClN7O5S. The summed E-state index contributed by atoms with van der Waals surface area (Å²) < 4.78 is 30.1. The number of nitrogens with zero attached hydrogens (tertiary/aromatic N) is 2. The van der Waals surface area contributed by atoms with Crippen LogP contribution in [0.25, 0.3) is 11.0 Å². The van der Waals surface area contributed by atoms with Gasteiger partial charge in [0.15, 0.2) is 9.84 Å². The quantitative estimate of drug-likeness (QED) is 0.112. The van der Waals surface area contributed by atoms with Crippen molar-refractivity contribution in [3.63, 3.8) is 0 Å². The lowest BCUT2D eigenvalue weighted by Crippen LogP contribution is -2.55. The Labute approximate surface area is 264 Å². The summed E-state index contributed by atoms with van der Waals surface area (Å²) in [6, 6.07) is 11.0. The SMILES string of the molecule is CCOC(=O)C(NCC(C)(C(=O)N1CCCCC1)c1ccc2[nH]c(CNc3ccc(C(=N)N)cc3)nc2c1C)S(C)(=O)=O.Cl. The molecule has 0 aliphatic carbocycles. The number of esters is 1. The molecule has 14 heteroatoms. The molecule has 2 unspecified atom stereocenters. The van der Waals surface area contributed by atoms with Crippen LogP contribution in [0.15, 0.2) is 36.4 Å². The van der Waals surface area contributed by atoms with Crippen molar-refractivity contribution in [1.82, 2.24) is 20.2 Å². The third-order valence-corrected chi connectivity index (χ3v) is 9.11. The standard InChI is InChI=1S/C30H41N7O5S.ClH/c1-5-42-28(38)27(43(4,40)41)34-18-30(3,29(39)37-15-7-6-8-16-37)22-13-14-23-25(19(22)2)36-24(35-23)17-33-21-11-9-20(10-12-21)26(31)32;/h9-14,27,33-34H,5-8,15-18H2,1-4H3,(H3,31,32)(H,35,36);1H. The number of hydrogen-bond donors (Lipinski definition) is 5. The number of carbonyl (C=O) groups is 2. The Morgan fingerprint density at radius 3 is 2.41 bits per heavy atom. The first kappa shape index (κ1) is 34.8. The number of sulfone groups is 1. The average Bonchev–Trinajstić information content (AvgIpc) is 3.40. The molecule has 0 bridgehead atoms. The Kier molecular flexibility index (Phi) is 11.4. The Balaban J connectivity index is 0.00000529. The molecule has 1 aliphatic rings. The van der Waals surface area contributed by atoms with Gasteiger partial charge < -0.3 is 25.7 Å². The number of rotatable bonds is 12. The Morgan fingerprint density at radius 2 is 1.82 bits per heavy atom. The molecular weight excluding hydrogens is 606 g/mol. The second-order valence-electron chi connectivity index (χ2n) is 11.2. The van der Waals surface area contributed by atoms with Crippen molar-refractivity contribution in [3.05, 3.63) is 58.9 Å². The Hall–Kier alpha value is -3.68. The maximum Gasteiger partial charge on any atom is 0.338 e. The highest BCUT2D eigenvalue weighted by molar-refractivity contribution is 7.92. The maximum atomic E-state index is 14.2. The lowest BCUT2D eigenvalue weighted by molar-refractivity contribution is -0.144. The highest BCUT2D eigenvalue weighted by atomic mass is 35.5. The number of amides is 1. The number of imidazole rings is 1. The molecule has 0 saturated carbocycles. The third kappa shape index (κ3) is 7.69. The minimum Gasteiger partial charge on any atom is -0.464 e. The average molecular weight is 648 g/mol. The molecule has 2 atom stereocenters. The first-order chi connectivity index (χ1) is 20.3. The fraction of sp³-hybridized carbons (Fsp3) is 0.467. The number of amidine groups is 1. The summed E-state index contributed by atoms with van der Waals surface area (Å²) in [6.45, 7) is 6.88. The summed E-state index contributed by atoms with van der Waals surface area (Å²) >= 11 is 0. The van der Waals surface area contributed by atoms with Gasteiger partial charge in [-0.25, -0.2) is 18.2 Å². The summed E-state index contributed by atoms with van der Waals surface area (Å²) in [6.07, 6.45) is 3.82. The summed E-state index contributed by atoms with van der Waals surface area (Å²) in [4.78, 5) is 36.7. The van der Waals surface area contributed by atoms with Crippen LogP contribution in [0.3, 0.4) is 0 Å². The van der Waals surface area contributed by atoms with Crippen LogP contribution < -0.4 is 16.4 Å². The summed E-state index contributed by atoms with van der Waals surface area (Å²) in [5.41, 5.74) is 8.81. The number of nitrogens with one attached hydrogen (secondary N) is 4. The summed E-state index contributed by atoms with van der Waals surface area (Å²) in [5, 5.41) is 12.1. The summed E-state index contributed by atoms with van der Waals surface area (Å²) in [7, 11) is -3.87. The smallest absolute Gasteiger partial charge is 0.338 e. The first-order valence-electron chi connectivity index (χ1n) is 14.4. The number of aromatic amines is 1. The molecule has 1 aliphatic heterocycles. The predicted octanol–water partition coefficient (Wildman–Crippen LogP) is 2.98. The molecule has 6 N–H and O–H groups in total. The minimum absolute atomic E-state index is 0. The van der Waals surface area contributed by atoms with E-state index in [0.717, 1.165) is 42.3 Å². The molecule has 3 aromatic rings. The number of fused-ring (bicyclic) bond motifs is 1. The van der Waals surface area contributed by atoms with E-state index in [1.165, 1.54) is 0 Å². The van der Waals surface area contributed by atoms with E-state index in [2.05, 4.69) is 15.6 Å². The van der Waals surface area contributed by atoms with Gasteiger partial charge in [0.05, 0.1) is 29.6 Å². The number of piperidine rings is 1. The van der Waals surface area contributed by atoms with Crippen molar-refractivity contribution < 1.29 is 22.7 Å². The van der Waals surface area contributed by atoms with Crippen LogP contribution in [0.1, 0.15) is 55.6 Å². The fourth-order valence-corrected chi connectivity index (χ4v) is 6.36. The van der Waals surface area contributed by atoms with E-state index in [4.69, 9.17) is 20.9 Å². The predicted molar refractivity (Wildman–Crippen MR) is 174 cm³/mol. The zero-order chi connectivity index (χ0) is 31.4. The molecule has 1 saturated heterocycles. The number of hydrogen-bond acceptors (Lipinski definition) is 9. The molecule has 1 amide bonds. The maximum absolute atomic E-state index is 14.2. The Morgan fingerprint density at radius 1 is 1.16 bits per heavy atom. The molecule has 0 spiro atoms. The highest BCUT2D eigenvalue weighted by Gasteiger charge is 2.42. The third-order valence-electron chi connectivity index (χ3n) is 7.89. The number of H-pyrrole nitrogens is 1. The second-order valence-corrected chi connectivity index (χ2v) is 13.3. The zero-order valence-electron chi connectivity index (χ0n) is 25.5. The monoisotopic (exact) mass is 647 g/mol. The van der Waals surface area contributed by atoms with E-state index >= 15 is 0 Å². The van der Waals surface area contributed by atoms with Crippen LogP contribution in [0.5, 0.6) is 0 Å². The van der Waals surface area contributed by atoms with Crippen molar-refractivity contribution in [2.75, 3.05) is 37.8 Å². The van der Waals surface area contributed by atoms with Gasteiger partial charge in [0.2, 0.25) is 11.3 Å². The molecule has 240 valence electrons. The second kappa shape index (κ2) is 14.4. The van der Waals surface area contributed by atoms with Gasteiger partial charge >= 0.3 is 5.97 Å². The van der Waals surface area contributed by atoms with Crippen LogP contribution in [0, 0.1) is 12.3 Å². The number of anilines is 1. The lowest BCUT2D eigenvalue weighted by Gasteiger charge is -2.38. The van der Waals surface area contributed by atoms with Crippen molar-refractivity contribution in [2.45, 2.75) is 57.4 Å². The normalized spacial score (nSPS) is 15.6. The number of benzene rings is 2. The van der Waals surface area contributed by atoms with Gasteiger partial charge in [0.25, 0.3) is 0 Å². The first-order valence-corrected chi connectivity index (χ1v) is 16.4. The van der Waals surface area contributed by atoms with Crippen LogP contribution in [-0.4, -0.2) is 78.9 Å². The Bertz CT molecular complexity index is 1600. The topological polar surface area (TPSA) is 183 Å². The number of aryl methyl sites for hydroxylation is 1. The van der Waals surface area contributed by atoms with Crippen molar-refractivity contribution in [2.24, 2.45) is 5.73 Å². The summed E-state index contributed by atoms with van der Waals surface area (Å²) in [5.74, 6) is -0.341. The molecule has 1 fully saturated rings. The van der Waals surface area contributed by atoms with E-state index in [-0.39, 0.29) is 37.3 Å². The van der Waals surface area contributed by atoms with Crippen LogP contribution in [0.4, 0.5) is 5.69 Å². The van der Waals surface area contributed by atoms with Gasteiger partial charge in [-0.15, -0.1) is 12.4 Å². The molecule has 4 rings (SSSR count). The number of ether oxygens (including phenoxy) is 1. The van der Waals surface area contributed by atoms with Gasteiger partial charge in [-0.3, -0.25) is 15.5 Å². The molecule has 44 heavy (non-hydrogen) atoms. The van der Waals surface area contributed by atoms with Gasteiger partial charge in [-0.05, 0) is 81.5 Å². The number of carbonyl (C=O) groups excluding carboxylic acids is 2. The van der Waals surface area contributed by atoms with Crippen LogP contribution in [-0.2, 0) is 36.1 Å². The number of nitrogens with two attached hydrogens (primary N) is 1. The van der Waals surface area contributed by atoms with Gasteiger partial charge in [-0.1, -0.05) is 6.07 Å². The van der Waals surface area contributed by atoms with Crippen LogP contribution >= 0.6 is 12.4 Å². The van der Waals surface area contributed by atoms with Crippen LogP contribution in [0.2, 0.25) is 0 Å². The van der Waals surface area contributed by atoms with E-state index in [0.29, 0.717) is 42.1 Å². The van der Waals surface area contributed by atoms with Crippen molar-refractivity contribution in [1.29, 1.82) is 5.41 Å². The van der Waals surface area contributed by atoms with E-state index in [9.17, 15) is 18.0 Å². The lowest BCUT2D eigenvalue weighted by atomic mass is 9.78. The highest BCUT2D eigenvalue weighted by Crippen LogP contribution is 2.33. The van der Waals surface area contributed by atoms with Crippen molar-refractivity contribution >= 4 is 56.7 Å². The number of likely N-dealkylation sites (tertiary alicyclic amines) is 1. The molecule has 2 aromatic carbocycles. The molecule has 2 heterocycles. The van der Waals surface area contributed by atoms with Gasteiger partial charge in [0.1, 0.15) is 11.7 Å². The molecule has 0 radical (unpaired) electrons.